The predicted octanol–water partition coefficient (Wildman–Crippen LogP) is 1.26. The Morgan fingerprint density at radius 2 is 1.47 bits per heavy atom. The lowest BCUT2D eigenvalue weighted by atomic mass is 10.2. The van der Waals surface area contributed by atoms with Crippen LogP contribution in [0.25, 0.3) is 0 Å². The van der Waals surface area contributed by atoms with E-state index in [4.69, 9.17) is 14.2 Å². The zero-order valence-electron chi connectivity index (χ0n) is 10.3. The first-order chi connectivity index (χ1) is 7.91. The molecule has 0 saturated carbocycles. The van der Waals surface area contributed by atoms with Crippen molar-refractivity contribution in [3.05, 3.63) is 17.7 Å². The van der Waals surface area contributed by atoms with Gasteiger partial charge in [-0.1, -0.05) is 0 Å². The van der Waals surface area contributed by atoms with E-state index in [1.807, 2.05) is 0 Å². The Labute approximate surface area is 101 Å². The van der Waals surface area contributed by atoms with Gasteiger partial charge in [-0.3, -0.25) is 0 Å². The Hall–Kier alpha value is -1.43. The highest BCUT2D eigenvalue weighted by Gasteiger charge is 2.15. The van der Waals surface area contributed by atoms with Gasteiger partial charge in [0.1, 0.15) is 0 Å². The van der Waals surface area contributed by atoms with E-state index < -0.39 is 9.84 Å². The summed E-state index contributed by atoms with van der Waals surface area (Å²) in [5.41, 5.74) is 0.599. The van der Waals surface area contributed by atoms with Crippen LogP contribution >= 0.6 is 0 Å². The van der Waals surface area contributed by atoms with E-state index in [0.717, 1.165) is 0 Å². The lowest BCUT2D eigenvalue weighted by Crippen LogP contribution is -2.03. The van der Waals surface area contributed by atoms with Gasteiger partial charge in [0.25, 0.3) is 0 Å². The molecule has 1 aromatic rings. The van der Waals surface area contributed by atoms with Gasteiger partial charge in [-0.25, -0.2) is 8.42 Å². The number of hydrogen-bond acceptors (Lipinski definition) is 5. The first kappa shape index (κ1) is 13.6. The van der Waals surface area contributed by atoms with Crippen molar-refractivity contribution >= 4 is 9.84 Å². The third-order valence-corrected chi connectivity index (χ3v) is 3.01. The highest BCUT2D eigenvalue weighted by atomic mass is 32.2. The van der Waals surface area contributed by atoms with Crippen LogP contribution in [0.3, 0.4) is 0 Å². The van der Waals surface area contributed by atoms with E-state index in [0.29, 0.717) is 22.8 Å². The molecule has 0 unspecified atom stereocenters. The zero-order valence-corrected chi connectivity index (χ0v) is 11.1. The van der Waals surface area contributed by atoms with Gasteiger partial charge in [-0.15, -0.1) is 0 Å². The van der Waals surface area contributed by atoms with Gasteiger partial charge in [-0.2, -0.15) is 0 Å². The highest BCUT2D eigenvalue weighted by molar-refractivity contribution is 7.89. The number of sulfone groups is 1. The average molecular weight is 260 g/mol. The second-order valence-corrected chi connectivity index (χ2v) is 5.74. The maximum absolute atomic E-state index is 11.2. The van der Waals surface area contributed by atoms with Gasteiger partial charge in [0, 0.05) is 6.26 Å². The number of ether oxygens (including phenoxy) is 3. The molecule has 0 aliphatic rings. The van der Waals surface area contributed by atoms with E-state index in [-0.39, 0.29) is 5.75 Å². The summed E-state index contributed by atoms with van der Waals surface area (Å²) in [5, 5.41) is 0. The van der Waals surface area contributed by atoms with Crippen LogP contribution in [0.1, 0.15) is 5.56 Å². The minimum Gasteiger partial charge on any atom is -0.493 e. The molecule has 0 aromatic heterocycles. The highest BCUT2D eigenvalue weighted by Crippen LogP contribution is 2.38. The first-order valence-corrected chi connectivity index (χ1v) is 6.94. The van der Waals surface area contributed by atoms with Crippen molar-refractivity contribution in [2.24, 2.45) is 0 Å². The van der Waals surface area contributed by atoms with Gasteiger partial charge in [0.15, 0.2) is 21.3 Å². The van der Waals surface area contributed by atoms with E-state index in [2.05, 4.69) is 0 Å². The van der Waals surface area contributed by atoms with Crippen molar-refractivity contribution in [1.82, 2.24) is 0 Å². The van der Waals surface area contributed by atoms with Gasteiger partial charge in [-0.05, 0) is 17.7 Å². The molecule has 0 radical (unpaired) electrons. The van der Waals surface area contributed by atoms with Crippen molar-refractivity contribution in [1.29, 1.82) is 0 Å². The molecule has 0 bridgehead atoms. The Morgan fingerprint density at radius 3 is 1.76 bits per heavy atom. The largest absolute Gasteiger partial charge is 0.493 e. The number of methoxy groups -OCH3 is 3. The van der Waals surface area contributed by atoms with E-state index in [1.165, 1.54) is 27.6 Å². The minimum atomic E-state index is -3.10. The van der Waals surface area contributed by atoms with E-state index in [1.54, 1.807) is 12.1 Å². The molecule has 96 valence electrons. The van der Waals surface area contributed by atoms with Gasteiger partial charge in [0.05, 0.1) is 27.1 Å². The Kier molecular flexibility index (Phi) is 4.22. The second-order valence-electron chi connectivity index (χ2n) is 3.60. The molecule has 5 nitrogen and oxygen atoms in total. The van der Waals surface area contributed by atoms with Crippen molar-refractivity contribution in [3.63, 3.8) is 0 Å². The zero-order chi connectivity index (χ0) is 13.1. The molecule has 1 aromatic carbocycles. The molecule has 0 amide bonds. The van der Waals surface area contributed by atoms with Crippen LogP contribution in [0.15, 0.2) is 12.1 Å². The summed E-state index contributed by atoms with van der Waals surface area (Å²) in [5.74, 6) is 1.28. The van der Waals surface area contributed by atoms with Crippen molar-refractivity contribution < 1.29 is 22.6 Å². The summed E-state index contributed by atoms with van der Waals surface area (Å²) in [6, 6.07) is 3.25. The fourth-order valence-electron chi connectivity index (χ4n) is 1.52. The fraction of sp³-hybridized carbons (Fsp3) is 0.455. The van der Waals surface area contributed by atoms with Gasteiger partial charge >= 0.3 is 0 Å². The molecule has 0 saturated heterocycles. The SMILES string of the molecule is COc1cc(CS(C)(=O)=O)cc(OC)c1OC. The Morgan fingerprint density at radius 1 is 1.00 bits per heavy atom. The van der Waals surface area contributed by atoms with Crippen molar-refractivity contribution in [2.45, 2.75) is 5.75 Å². The Balaban J connectivity index is 3.27. The molecular formula is C11H16O5S. The summed E-state index contributed by atoms with van der Waals surface area (Å²) in [4.78, 5) is 0. The quantitative estimate of drug-likeness (QED) is 0.797. The van der Waals surface area contributed by atoms with Crippen LogP contribution < -0.4 is 14.2 Å². The lowest BCUT2D eigenvalue weighted by Gasteiger charge is -2.13. The molecule has 17 heavy (non-hydrogen) atoms. The maximum atomic E-state index is 11.2. The molecule has 1 rings (SSSR count). The summed E-state index contributed by atoms with van der Waals surface area (Å²) >= 11 is 0. The van der Waals surface area contributed by atoms with Crippen LogP contribution in [0, 0.1) is 0 Å². The van der Waals surface area contributed by atoms with E-state index in [9.17, 15) is 8.42 Å². The van der Waals surface area contributed by atoms with Crippen LogP contribution in [-0.2, 0) is 15.6 Å². The topological polar surface area (TPSA) is 61.8 Å². The summed E-state index contributed by atoms with van der Waals surface area (Å²) in [7, 11) is 1.37. The number of hydrogen-bond donors (Lipinski definition) is 0. The van der Waals surface area contributed by atoms with Crippen LogP contribution in [0.2, 0.25) is 0 Å². The number of benzene rings is 1. The van der Waals surface area contributed by atoms with Crippen molar-refractivity contribution in [2.75, 3.05) is 27.6 Å². The number of rotatable bonds is 5. The first-order valence-electron chi connectivity index (χ1n) is 4.88. The van der Waals surface area contributed by atoms with Gasteiger partial charge < -0.3 is 14.2 Å². The molecule has 0 aliphatic heterocycles. The predicted molar refractivity (Wildman–Crippen MR) is 64.6 cm³/mol. The molecule has 0 fully saturated rings. The smallest absolute Gasteiger partial charge is 0.203 e. The molecule has 0 aliphatic carbocycles. The molecule has 0 spiro atoms. The average Bonchev–Trinajstić information content (AvgIpc) is 2.25. The summed E-state index contributed by atoms with van der Waals surface area (Å²) < 4.78 is 37.9. The lowest BCUT2D eigenvalue weighted by molar-refractivity contribution is 0.324. The van der Waals surface area contributed by atoms with Crippen LogP contribution in [-0.4, -0.2) is 36.0 Å². The normalized spacial score (nSPS) is 11.1. The molecule has 0 N–H and O–H groups in total. The van der Waals surface area contributed by atoms with Gasteiger partial charge in [0.2, 0.25) is 5.75 Å². The molecule has 6 heteroatoms. The molecule has 0 atom stereocenters. The molecule has 0 heterocycles. The third kappa shape index (κ3) is 3.52. The minimum absolute atomic E-state index is 0.0658. The summed E-state index contributed by atoms with van der Waals surface area (Å²) in [6.45, 7) is 0. The summed E-state index contributed by atoms with van der Waals surface area (Å²) in [6.07, 6.45) is 1.18. The maximum Gasteiger partial charge on any atom is 0.203 e. The third-order valence-electron chi connectivity index (χ3n) is 2.15. The monoisotopic (exact) mass is 260 g/mol. The second kappa shape index (κ2) is 5.27. The van der Waals surface area contributed by atoms with Crippen molar-refractivity contribution in [3.8, 4) is 17.2 Å². The van der Waals surface area contributed by atoms with E-state index >= 15 is 0 Å². The Bertz CT molecular complexity index is 468. The van der Waals surface area contributed by atoms with Crippen LogP contribution in [0.5, 0.6) is 17.2 Å². The standard InChI is InChI=1S/C11H16O5S/c1-14-9-5-8(7-17(4,12)13)6-10(15-2)11(9)16-3/h5-6H,7H2,1-4H3. The molecular weight excluding hydrogens is 244 g/mol. The van der Waals surface area contributed by atoms with Crippen LogP contribution in [0.4, 0.5) is 0 Å². The fourth-order valence-corrected chi connectivity index (χ4v) is 2.29.